The van der Waals surface area contributed by atoms with Crippen LogP contribution in [0.2, 0.25) is 0 Å². The largest absolute Gasteiger partial charge is 0.415 e. The lowest BCUT2D eigenvalue weighted by Crippen LogP contribution is -2.52. The molecule has 0 radical (unpaired) electrons. The molecule has 3 aromatic rings. The second kappa shape index (κ2) is 14.5. The fraction of sp³-hybridized carbons (Fsp3) is 0.433. The third-order valence-corrected chi connectivity index (χ3v) is 7.59. The molecule has 2 saturated heterocycles. The van der Waals surface area contributed by atoms with Crippen LogP contribution in [0.5, 0.6) is 0 Å². The van der Waals surface area contributed by atoms with Gasteiger partial charge in [-0.2, -0.15) is 8.78 Å². The molecular formula is C30H36F3N7O3. The van der Waals surface area contributed by atoms with E-state index in [9.17, 15) is 13.6 Å². The van der Waals surface area contributed by atoms with Gasteiger partial charge in [0.15, 0.2) is 0 Å². The summed E-state index contributed by atoms with van der Waals surface area (Å²) in [4.78, 5) is 20.9. The van der Waals surface area contributed by atoms with Gasteiger partial charge in [-0.25, -0.2) is 4.39 Å². The van der Waals surface area contributed by atoms with Crippen molar-refractivity contribution in [3.05, 3.63) is 78.2 Å². The molecule has 2 fully saturated rings. The Morgan fingerprint density at radius 1 is 1.00 bits per heavy atom. The molecule has 2 aromatic carbocycles. The van der Waals surface area contributed by atoms with Gasteiger partial charge in [0.2, 0.25) is 11.8 Å². The van der Waals surface area contributed by atoms with Crippen molar-refractivity contribution < 1.29 is 27.1 Å². The maximum absolute atomic E-state index is 15.2. The van der Waals surface area contributed by atoms with Gasteiger partial charge in [0.05, 0.1) is 32.1 Å². The molecule has 0 atom stereocenters. The molecule has 10 nitrogen and oxygen atoms in total. The number of rotatable bonds is 12. The number of benzene rings is 2. The lowest BCUT2D eigenvalue weighted by molar-refractivity contribution is -0.136. The molecule has 230 valence electrons. The molecule has 13 heteroatoms. The lowest BCUT2D eigenvalue weighted by Gasteiger charge is -2.36. The molecule has 0 saturated carbocycles. The zero-order valence-corrected chi connectivity index (χ0v) is 23.9. The van der Waals surface area contributed by atoms with Crippen LogP contribution in [-0.4, -0.2) is 103 Å². The van der Waals surface area contributed by atoms with Crippen LogP contribution in [-0.2, 0) is 16.1 Å². The molecule has 1 amide bonds. The highest BCUT2D eigenvalue weighted by Crippen LogP contribution is 2.27. The first-order valence-corrected chi connectivity index (χ1v) is 14.3. The Labute approximate surface area is 248 Å². The summed E-state index contributed by atoms with van der Waals surface area (Å²) < 4.78 is 51.1. The number of hydrogen-bond donors (Lipinski definition) is 1. The molecule has 43 heavy (non-hydrogen) atoms. The summed E-state index contributed by atoms with van der Waals surface area (Å²) in [5, 5.41) is 10.3. The molecule has 1 aromatic heterocycles. The first-order valence-electron chi connectivity index (χ1n) is 14.3. The minimum Gasteiger partial charge on any atom is -0.415 e. The molecule has 2 aliphatic heterocycles. The highest BCUT2D eigenvalue weighted by molar-refractivity contribution is 5.78. The second-order valence-electron chi connectivity index (χ2n) is 10.5. The van der Waals surface area contributed by atoms with Crippen molar-refractivity contribution in [1.29, 1.82) is 0 Å². The van der Waals surface area contributed by atoms with Gasteiger partial charge in [-0.1, -0.05) is 30.8 Å². The highest BCUT2D eigenvalue weighted by atomic mass is 19.3. The minimum absolute atomic E-state index is 0.164. The van der Waals surface area contributed by atoms with Crippen molar-refractivity contribution in [2.45, 2.75) is 13.0 Å². The summed E-state index contributed by atoms with van der Waals surface area (Å²) in [6, 6.07) is 13.9. The number of hydrogen-bond acceptors (Lipinski definition) is 9. The van der Waals surface area contributed by atoms with Gasteiger partial charge in [0.1, 0.15) is 5.82 Å². The van der Waals surface area contributed by atoms with Gasteiger partial charge in [0, 0.05) is 69.2 Å². The second-order valence-corrected chi connectivity index (χ2v) is 10.5. The Bertz CT molecular complexity index is 1360. The van der Waals surface area contributed by atoms with Crippen molar-refractivity contribution in [2.24, 2.45) is 0 Å². The molecule has 0 spiro atoms. The SMILES string of the molecule is C=C(NCCN1CCN(CC(=O)N2CCOCC2)CC1)N(Cc1ccc(-c2nnc(C(F)F)o2)cc1F)c1ccccc1. The summed E-state index contributed by atoms with van der Waals surface area (Å²) in [6.07, 6.45) is -2.90. The number of carbonyl (C=O) groups is 1. The zero-order chi connectivity index (χ0) is 30.2. The number of amides is 1. The van der Waals surface area contributed by atoms with E-state index in [0.717, 1.165) is 38.4 Å². The number of aromatic nitrogens is 2. The first-order chi connectivity index (χ1) is 20.9. The number of piperazine rings is 1. The minimum atomic E-state index is -2.90. The number of anilines is 1. The van der Waals surface area contributed by atoms with Crippen LogP contribution >= 0.6 is 0 Å². The van der Waals surface area contributed by atoms with Crippen molar-refractivity contribution in [3.8, 4) is 11.5 Å². The van der Waals surface area contributed by atoms with E-state index in [1.54, 1.807) is 12.1 Å². The van der Waals surface area contributed by atoms with Gasteiger partial charge in [-0.3, -0.25) is 14.6 Å². The molecule has 3 heterocycles. The van der Waals surface area contributed by atoms with Gasteiger partial charge >= 0.3 is 6.43 Å². The topological polar surface area (TPSA) is 90.2 Å². The van der Waals surface area contributed by atoms with Crippen molar-refractivity contribution in [1.82, 2.24) is 30.2 Å². The Kier molecular flexibility index (Phi) is 10.3. The number of halogens is 3. The van der Waals surface area contributed by atoms with Crippen LogP contribution in [0.1, 0.15) is 17.9 Å². The van der Waals surface area contributed by atoms with Crippen LogP contribution in [0.25, 0.3) is 11.5 Å². The van der Waals surface area contributed by atoms with Crippen LogP contribution < -0.4 is 10.2 Å². The highest BCUT2D eigenvalue weighted by Gasteiger charge is 2.23. The number of alkyl halides is 2. The molecule has 5 rings (SSSR count). The standard InChI is InChI=1S/C30H36F3N7O3/c1-22(34-9-10-37-11-13-38(14-12-37)21-27(41)39-15-17-42-18-16-39)40(25-5-3-2-4-6-25)20-24-8-7-23(19-26(24)31)29-35-36-30(43-29)28(32)33/h2-8,19,28,34H,1,9-18,20-21H2. The maximum atomic E-state index is 15.2. The monoisotopic (exact) mass is 599 g/mol. The third kappa shape index (κ3) is 8.12. The number of para-hydroxylation sites is 1. The summed E-state index contributed by atoms with van der Waals surface area (Å²) in [7, 11) is 0. The third-order valence-electron chi connectivity index (χ3n) is 7.59. The lowest BCUT2D eigenvalue weighted by atomic mass is 10.1. The molecule has 1 N–H and O–H groups in total. The van der Waals surface area contributed by atoms with E-state index in [1.165, 1.54) is 6.07 Å². The fourth-order valence-corrected chi connectivity index (χ4v) is 5.10. The number of morpholine rings is 1. The van der Waals surface area contributed by atoms with Gasteiger partial charge in [-0.05, 0) is 24.3 Å². The van der Waals surface area contributed by atoms with Gasteiger partial charge < -0.3 is 24.3 Å². The van der Waals surface area contributed by atoms with E-state index < -0.39 is 18.1 Å². The van der Waals surface area contributed by atoms with Crippen molar-refractivity contribution >= 4 is 11.6 Å². The van der Waals surface area contributed by atoms with Crippen molar-refractivity contribution in [3.63, 3.8) is 0 Å². The maximum Gasteiger partial charge on any atom is 0.314 e. The normalized spacial score (nSPS) is 16.4. The van der Waals surface area contributed by atoms with Crippen LogP contribution in [0, 0.1) is 5.82 Å². The first kappa shape index (κ1) is 30.5. The Hall–Kier alpha value is -3.94. The van der Waals surface area contributed by atoms with Gasteiger partial charge in [-0.15, -0.1) is 10.2 Å². The summed E-state index contributed by atoms with van der Waals surface area (Å²) >= 11 is 0. The zero-order valence-electron chi connectivity index (χ0n) is 23.9. The van der Waals surface area contributed by atoms with Crippen molar-refractivity contribution in [2.75, 3.05) is 77.0 Å². The summed E-state index contributed by atoms with van der Waals surface area (Å²) in [6.45, 7) is 12.2. The summed E-state index contributed by atoms with van der Waals surface area (Å²) in [5.74, 6) is -0.734. The van der Waals surface area contributed by atoms with Crippen LogP contribution in [0.3, 0.4) is 0 Å². The van der Waals surface area contributed by atoms with Gasteiger partial charge in [0.25, 0.3) is 5.89 Å². The number of nitrogens with zero attached hydrogens (tertiary/aromatic N) is 6. The van der Waals surface area contributed by atoms with E-state index in [1.807, 2.05) is 40.1 Å². The molecule has 0 aliphatic carbocycles. The molecular weight excluding hydrogens is 563 g/mol. The predicted octanol–water partition coefficient (Wildman–Crippen LogP) is 3.36. The van der Waals surface area contributed by atoms with E-state index >= 15 is 4.39 Å². The van der Waals surface area contributed by atoms with E-state index in [0.29, 0.717) is 50.8 Å². The molecule has 0 bridgehead atoms. The average molecular weight is 600 g/mol. The molecule has 0 unspecified atom stereocenters. The number of ether oxygens (including phenoxy) is 1. The van der Waals surface area contributed by atoms with E-state index in [-0.39, 0.29) is 23.9 Å². The van der Waals surface area contributed by atoms with E-state index in [4.69, 9.17) is 9.15 Å². The average Bonchev–Trinajstić information content (AvgIpc) is 3.53. The molecule has 2 aliphatic rings. The quantitative estimate of drug-likeness (QED) is 0.337. The summed E-state index contributed by atoms with van der Waals surface area (Å²) in [5.41, 5.74) is 1.43. The Balaban J connectivity index is 1.13. The van der Waals surface area contributed by atoms with Crippen LogP contribution in [0.4, 0.5) is 18.9 Å². The van der Waals surface area contributed by atoms with E-state index in [2.05, 4.69) is 31.9 Å². The Morgan fingerprint density at radius 3 is 2.40 bits per heavy atom. The fourth-order valence-electron chi connectivity index (χ4n) is 5.10. The predicted molar refractivity (Wildman–Crippen MR) is 155 cm³/mol. The van der Waals surface area contributed by atoms with Crippen LogP contribution in [0.15, 0.2) is 65.3 Å². The smallest absolute Gasteiger partial charge is 0.314 e. The number of nitrogens with one attached hydrogen (secondary N) is 1. The number of carbonyl (C=O) groups excluding carboxylic acids is 1. The Morgan fingerprint density at radius 2 is 1.72 bits per heavy atom.